The SMILES string of the molecule is CCCc1cn(C[C@H](NC(=O)OCc2ccccc2)C(=O)O)c(=O)nc1N1CCC(CNc2ccccn2)CC1. The minimum atomic E-state index is -1.36. The Bertz CT molecular complexity index is 1310. The molecule has 11 heteroatoms. The van der Waals surface area contributed by atoms with Crippen molar-refractivity contribution in [1.82, 2.24) is 19.9 Å². The molecule has 3 N–H and O–H groups in total. The lowest BCUT2D eigenvalue weighted by Crippen LogP contribution is -2.46. The van der Waals surface area contributed by atoms with E-state index in [1.54, 1.807) is 24.5 Å². The molecule has 2 aromatic heterocycles. The van der Waals surface area contributed by atoms with Crippen molar-refractivity contribution in [1.29, 1.82) is 0 Å². The molecule has 4 rings (SSSR count). The van der Waals surface area contributed by atoms with Gasteiger partial charge >= 0.3 is 17.8 Å². The van der Waals surface area contributed by atoms with E-state index in [2.05, 4.69) is 25.5 Å². The van der Waals surface area contributed by atoms with Gasteiger partial charge in [0, 0.05) is 37.6 Å². The molecule has 1 fully saturated rings. The molecule has 212 valence electrons. The summed E-state index contributed by atoms with van der Waals surface area (Å²) in [4.78, 5) is 48.0. The molecule has 0 radical (unpaired) electrons. The van der Waals surface area contributed by atoms with Crippen LogP contribution in [0.1, 0.15) is 37.3 Å². The van der Waals surface area contributed by atoms with Crippen LogP contribution in [0.3, 0.4) is 0 Å². The zero-order chi connectivity index (χ0) is 28.3. The topological polar surface area (TPSA) is 139 Å². The van der Waals surface area contributed by atoms with Crippen LogP contribution in [0.25, 0.3) is 0 Å². The molecule has 40 heavy (non-hydrogen) atoms. The van der Waals surface area contributed by atoms with Crippen LogP contribution in [-0.4, -0.2) is 57.4 Å². The fourth-order valence-corrected chi connectivity index (χ4v) is 4.73. The highest BCUT2D eigenvalue weighted by Crippen LogP contribution is 2.25. The molecule has 3 heterocycles. The minimum absolute atomic E-state index is 0.00571. The Labute approximate surface area is 233 Å². The summed E-state index contributed by atoms with van der Waals surface area (Å²) in [5, 5.41) is 15.4. The Morgan fingerprint density at radius 1 is 1.12 bits per heavy atom. The number of amides is 1. The van der Waals surface area contributed by atoms with Crippen LogP contribution in [-0.2, 0) is 29.1 Å². The van der Waals surface area contributed by atoms with Gasteiger partial charge in [0.1, 0.15) is 24.3 Å². The average molecular weight is 549 g/mol. The number of carboxylic acids is 1. The van der Waals surface area contributed by atoms with Crippen LogP contribution in [0.4, 0.5) is 16.4 Å². The second-order valence-electron chi connectivity index (χ2n) is 9.90. The van der Waals surface area contributed by atoms with Gasteiger partial charge in [-0.2, -0.15) is 4.98 Å². The van der Waals surface area contributed by atoms with Crippen LogP contribution >= 0.6 is 0 Å². The van der Waals surface area contributed by atoms with E-state index in [1.165, 1.54) is 4.57 Å². The molecule has 1 aliphatic rings. The summed E-state index contributed by atoms with van der Waals surface area (Å²) < 4.78 is 6.42. The van der Waals surface area contributed by atoms with Crippen molar-refractivity contribution in [3.63, 3.8) is 0 Å². The fraction of sp³-hybridized carbons (Fsp3) is 0.414. The molecule has 1 aliphatic heterocycles. The lowest BCUT2D eigenvalue weighted by Gasteiger charge is -2.34. The number of anilines is 2. The lowest BCUT2D eigenvalue weighted by atomic mass is 9.96. The van der Waals surface area contributed by atoms with E-state index < -0.39 is 23.8 Å². The van der Waals surface area contributed by atoms with Gasteiger partial charge in [-0.1, -0.05) is 49.7 Å². The van der Waals surface area contributed by atoms with Crippen molar-refractivity contribution in [2.75, 3.05) is 29.9 Å². The molecule has 1 saturated heterocycles. The Balaban J connectivity index is 1.38. The standard InChI is InChI=1S/C29H36N6O5/c1-2-8-23-18-35(19-24(27(36)37)32-29(39)40-20-22-9-4-3-5-10-22)28(38)33-26(23)34-15-12-21(13-16-34)17-31-25-11-6-7-14-30-25/h3-7,9-11,14,18,21,24H,2,8,12-13,15-17,19-20H2,1H3,(H,30,31)(H,32,39)(H,36,37)/t24-/m0/s1. The number of aryl methyl sites for hydroxylation is 1. The number of carbonyl (C=O) groups excluding carboxylic acids is 1. The second kappa shape index (κ2) is 14.1. The van der Waals surface area contributed by atoms with Gasteiger partial charge in [-0.25, -0.2) is 19.4 Å². The molecule has 11 nitrogen and oxygen atoms in total. The maximum absolute atomic E-state index is 13.0. The summed E-state index contributed by atoms with van der Waals surface area (Å²) in [5.41, 5.74) is 1.10. The van der Waals surface area contributed by atoms with E-state index >= 15 is 0 Å². The first-order valence-corrected chi connectivity index (χ1v) is 13.6. The van der Waals surface area contributed by atoms with Crippen molar-refractivity contribution in [3.05, 3.63) is 82.5 Å². The van der Waals surface area contributed by atoms with Crippen molar-refractivity contribution in [3.8, 4) is 0 Å². The number of aromatic nitrogens is 3. The summed E-state index contributed by atoms with van der Waals surface area (Å²) in [6.45, 7) is 4.16. The first-order chi connectivity index (χ1) is 19.4. The van der Waals surface area contributed by atoms with Gasteiger partial charge in [-0.3, -0.25) is 4.57 Å². The molecule has 0 bridgehead atoms. The predicted octanol–water partition coefficient (Wildman–Crippen LogP) is 3.30. The Kier molecular flexibility index (Phi) is 10.1. The Morgan fingerprint density at radius 2 is 1.88 bits per heavy atom. The quantitative estimate of drug-likeness (QED) is 0.311. The zero-order valence-electron chi connectivity index (χ0n) is 22.7. The number of benzene rings is 1. The highest BCUT2D eigenvalue weighted by atomic mass is 16.5. The number of pyridine rings is 1. The largest absolute Gasteiger partial charge is 0.480 e. The fourth-order valence-electron chi connectivity index (χ4n) is 4.73. The second-order valence-corrected chi connectivity index (χ2v) is 9.90. The highest BCUT2D eigenvalue weighted by Gasteiger charge is 2.25. The van der Waals surface area contributed by atoms with Gasteiger partial charge in [0.25, 0.3) is 0 Å². The molecule has 3 aromatic rings. The van der Waals surface area contributed by atoms with E-state index in [4.69, 9.17) is 4.74 Å². The molecule has 0 unspecified atom stereocenters. The number of piperidine rings is 1. The molecule has 0 saturated carbocycles. The number of rotatable bonds is 12. The van der Waals surface area contributed by atoms with Gasteiger partial charge in [0.2, 0.25) is 0 Å². The summed E-state index contributed by atoms with van der Waals surface area (Å²) >= 11 is 0. The van der Waals surface area contributed by atoms with Gasteiger partial charge in [-0.15, -0.1) is 0 Å². The van der Waals surface area contributed by atoms with Crippen molar-refractivity contribution in [2.45, 2.75) is 51.8 Å². The third kappa shape index (κ3) is 8.05. The molecular weight excluding hydrogens is 512 g/mol. The van der Waals surface area contributed by atoms with Crippen LogP contribution in [0.5, 0.6) is 0 Å². The predicted molar refractivity (Wildman–Crippen MR) is 151 cm³/mol. The number of carbonyl (C=O) groups is 2. The summed E-state index contributed by atoms with van der Waals surface area (Å²) in [6, 6.07) is 13.5. The van der Waals surface area contributed by atoms with Crippen LogP contribution in [0.15, 0.2) is 65.7 Å². The van der Waals surface area contributed by atoms with Gasteiger partial charge in [0.15, 0.2) is 0 Å². The molecule has 0 aliphatic carbocycles. The van der Waals surface area contributed by atoms with Gasteiger partial charge in [0.05, 0.1) is 6.54 Å². The maximum atomic E-state index is 13.0. The number of nitrogens with zero attached hydrogens (tertiary/aromatic N) is 4. The van der Waals surface area contributed by atoms with E-state index in [0.717, 1.165) is 55.8 Å². The summed E-state index contributed by atoms with van der Waals surface area (Å²) in [5.74, 6) is 0.726. The molecule has 1 amide bonds. The van der Waals surface area contributed by atoms with Crippen molar-refractivity contribution >= 4 is 23.7 Å². The monoisotopic (exact) mass is 548 g/mol. The van der Waals surface area contributed by atoms with E-state index in [9.17, 15) is 19.5 Å². The molecule has 1 atom stereocenters. The number of alkyl carbamates (subject to hydrolysis) is 1. The molecule has 0 spiro atoms. The lowest BCUT2D eigenvalue weighted by molar-refractivity contribution is -0.139. The van der Waals surface area contributed by atoms with Crippen LogP contribution < -0.4 is 21.2 Å². The molecule has 1 aromatic carbocycles. The first-order valence-electron chi connectivity index (χ1n) is 13.6. The number of hydrogen-bond acceptors (Lipinski definition) is 8. The first kappa shape index (κ1) is 28.6. The zero-order valence-corrected chi connectivity index (χ0v) is 22.7. The van der Waals surface area contributed by atoms with E-state index in [1.807, 2.05) is 43.3 Å². The number of aliphatic carboxylic acids is 1. The van der Waals surface area contributed by atoms with E-state index in [0.29, 0.717) is 18.2 Å². The summed E-state index contributed by atoms with van der Waals surface area (Å²) in [7, 11) is 0. The van der Waals surface area contributed by atoms with Crippen LogP contribution in [0, 0.1) is 5.92 Å². The minimum Gasteiger partial charge on any atom is -0.480 e. The summed E-state index contributed by atoms with van der Waals surface area (Å²) in [6.07, 6.45) is 6.00. The van der Waals surface area contributed by atoms with Gasteiger partial charge < -0.3 is 25.4 Å². The number of ether oxygens (including phenoxy) is 1. The van der Waals surface area contributed by atoms with E-state index in [-0.39, 0.29) is 13.2 Å². The smallest absolute Gasteiger partial charge is 0.408 e. The van der Waals surface area contributed by atoms with Crippen molar-refractivity contribution < 1.29 is 19.4 Å². The maximum Gasteiger partial charge on any atom is 0.408 e. The van der Waals surface area contributed by atoms with Crippen molar-refractivity contribution in [2.24, 2.45) is 5.92 Å². The normalized spacial score (nSPS) is 14.4. The Hall–Kier alpha value is -4.41. The average Bonchev–Trinajstić information content (AvgIpc) is 2.97. The van der Waals surface area contributed by atoms with Crippen LogP contribution in [0.2, 0.25) is 0 Å². The number of hydrogen-bond donors (Lipinski definition) is 3. The third-order valence-electron chi connectivity index (χ3n) is 6.90. The highest BCUT2D eigenvalue weighted by molar-refractivity contribution is 5.79. The third-order valence-corrected chi connectivity index (χ3v) is 6.90. The van der Waals surface area contributed by atoms with Gasteiger partial charge in [-0.05, 0) is 42.9 Å². The number of carboxylic acid groups (broad SMARTS) is 1. The molecular formula is C29H36N6O5. The Morgan fingerprint density at radius 3 is 2.55 bits per heavy atom. The number of nitrogens with one attached hydrogen (secondary N) is 2.